The molecule has 0 aliphatic carbocycles. The first-order valence-corrected chi connectivity index (χ1v) is 5.04. The molecule has 0 atom stereocenters. The Balaban J connectivity index is 2.42. The molecule has 13 heavy (non-hydrogen) atoms. The summed E-state index contributed by atoms with van der Waals surface area (Å²) in [6, 6.07) is 19.1. The summed E-state index contributed by atoms with van der Waals surface area (Å²) >= 11 is 0. The predicted molar refractivity (Wildman–Crippen MR) is 60.1 cm³/mol. The van der Waals surface area contributed by atoms with E-state index in [0.29, 0.717) is 0 Å². The molecular weight excluding hydrogens is 172 g/mol. The van der Waals surface area contributed by atoms with Gasteiger partial charge in [-0.2, -0.15) is 0 Å². The molecule has 0 spiro atoms. The van der Waals surface area contributed by atoms with Gasteiger partial charge in [-0.05, 0) is 11.1 Å². The van der Waals surface area contributed by atoms with Crippen molar-refractivity contribution >= 4 is 15.4 Å². The van der Waals surface area contributed by atoms with E-state index < -0.39 is 0 Å². The summed E-state index contributed by atoms with van der Waals surface area (Å²) in [5.41, 5.74) is 2.57. The third kappa shape index (κ3) is 1.87. The van der Waals surface area contributed by atoms with Crippen molar-refractivity contribution in [1.82, 2.24) is 0 Å². The molecule has 0 amide bonds. The van der Waals surface area contributed by atoms with Crippen molar-refractivity contribution in [3.63, 3.8) is 0 Å². The van der Waals surface area contributed by atoms with Crippen LogP contribution in [0.4, 0.5) is 0 Å². The fourth-order valence-electron chi connectivity index (χ4n) is 1.33. The van der Waals surface area contributed by atoms with Crippen molar-refractivity contribution in [3.8, 4) is 11.1 Å². The van der Waals surface area contributed by atoms with Crippen LogP contribution in [0.3, 0.4) is 0 Å². The lowest BCUT2D eigenvalue weighted by Gasteiger charge is -2.00. The maximum Gasteiger partial charge on any atom is 0.0477 e. The van der Waals surface area contributed by atoms with Crippen LogP contribution < -0.4 is 5.19 Å². The van der Waals surface area contributed by atoms with Gasteiger partial charge in [0.05, 0.1) is 0 Å². The van der Waals surface area contributed by atoms with Crippen LogP contribution in [0.2, 0.25) is 0 Å². The van der Waals surface area contributed by atoms with Gasteiger partial charge in [-0.25, -0.2) is 0 Å². The second kappa shape index (κ2) is 3.58. The highest BCUT2D eigenvalue weighted by Crippen LogP contribution is 2.16. The van der Waals surface area contributed by atoms with Crippen molar-refractivity contribution < 1.29 is 0 Å². The van der Waals surface area contributed by atoms with Gasteiger partial charge in [0.2, 0.25) is 0 Å². The van der Waals surface area contributed by atoms with Gasteiger partial charge in [-0.3, -0.25) is 0 Å². The summed E-state index contributed by atoms with van der Waals surface area (Å²) in [6.45, 7) is 0. The molecule has 0 bridgehead atoms. The maximum absolute atomic E-state index is 2.16. The molecule has 0 saturated carbocycles. The van der Waals surface area contributed by atoms with E-state index >= 15 is 0 Å². The van der Waals surface area contributed by atoms with E-state index in [2.05, 4.69) is 48.5 Å². The first-order chi connectivity index (χ1) is 6.36. The minimum absolute atomic E-state index is 1.28. The molecule has 1 heteroatoms. The van der Waals surface area contributed by atoms with Crippen molar-refractivity contribution in [2.45, 2.75) is 0 Å². The third-order valence-corrected chi connectivity index (χ3v) is 2.53. The van der Waals surface area contributed by atoms with Gasteiger partial charge < -0.3 is 0 Å². The second-order valence-electron chi connectivity index (χ2n) is 3.06. The fourth-order valence-corrected chi connectivity index (χ4v) is 1.56. The van der Waals surface area contributed by atoms with E-state index in [4.69, 9.17) is 0 Å². The van der Waals surface area contributed by atoms with Crippen molar-refractivity contribution in [3.05, 3.63) is 54.6 Å². The van der Waals surface area contributed by atoms with Gasteiger partial charge in [0.25, 0.3) is 0 Å². The zero-order valence-electron chi connectivity index (χ0n) is 7.40. The summed E-state index contributed by atoms with van der Waals surface area (Å²) in [7, 11) is 1.91. The maximum atomic E-state index is 2.16. The molecule has 0 saturated heterocycles. The van der Waals surface area contributed by atoms with Gasteiger partial charge in [0, 0.05) is 10.2 Å². The predicted octanol–water partition coefficient (Wildman–Crippen LogP) is 1.61. The van der Waals surface area contributed by atoms with Crippen LogP contribution in [0.25, 0.3) is 11.1 Å². The van der Waals surface area contributed by atoms with Gasteiger partial charge >= 0.3 is 0 Å². The Bertz CT molecular complexity index is 376. The highest BCUT2D eigenvalue weighted by atomic mass is 28.1. The Hall–Kier alpha value is -1.34. The molecule has 2 aromatic rings. The zero-order valence-corrected chi connectivity index (χ0v) is 8.82. The number of hydrogen-bond donors (Lipinski definition) is 0. The van der Waals surface area contributed by atoms with Crippen LogP contribution in [0.15, 0.2) is 54.6 Å². The van der Waals surface area contributed by atoms with Crippen LogP contribution in [0, 0.1) is 0 Å². The fraction of sp³-hybridized carbons (Fsp3) is 0. The first kappa shape index (κ1) is 8.26. The highest BCUT2D eigenvalue weighted by Gasteiger charge is 1.93. The Morgan fingerprint density at radius 1 is 0.615 bits per heavy atom. The molecule has 0 aromatic heterocycles. The largest absolute Gasteiger partial charge is 0.0697 e. The van der Waals surface area contributed by atoms with E-state index in [1.54, 1.807) is 0 Å². The average Bonchev–Trinajstić information content (AvgIpc) is 2.20. The van der Waals surface area contributed by atoms with Crippen LogP contribution in [-0.4, -0.2) is 10.2 Å². The van der Waals surface area contributed by atoms with Crippen LogP contribution >= 0.6 is 0 Å². The van der Waals surface area contributed by atoms with Crippen molar-refractivity contribution in [2.75, 3.05) is 0 Å². The molecule has 0 N–H and O–H groups in total. The number of rotatable bonds is 1. The lowest BCUT2D eigenvalue weighted by Crippen LogP contribution is -1.98. The molecule has 0 aliphatic heterocycles. The Labute approximate surface area is 81.7 Å². The smallest absolute Gasteiger partial charge is 0.0477 e. The monoisotopic (exact) mass is 183 g/mol. The van der Waals surface area contributed by atoms with E-state index in [-0.39, 0.29) is 0 Å². The molecule has 0 aliphatic rings. The lowest BCUT2D eigenvalue weighted by molar-refractivity contribution is 1.64. The van der Waals surface area contributed by atoms with Crippen LogP contribution in [0.5, 0.6) is 0 Å². The van der Waals surface area contributed by atoms with E-state index in [0.717, 1.165) is 0 Å². The second-order valence-corrected chi connectivity index (χ2v) is 3.88. The van der Waals surface area contributed by atoms with Crippen LogP contribution in [-0.2, 0) is 0 Å². The van der Waals surface area contributed by atoms with E-state index in [1.165, 1.54) is 16.3 Å². The Morgan fingerprint density at radius 2 is 1.15 bits per heavy atom. The summed E-state index contributed by atoms with van der Waals surface area (Å²) < 4.78 is 0. The number of benzene rings is 2. The van der Waals surface area contributed by atoms with Crippen LogP contribution in [0.1, 0.15) is 0 Å². The molecule has 2 rings (SSSR count). The molecule has 0 heterocycles. The summed E-state index contributed by atoms with van der Waals surface area (Å²) in [4.78, 5) is 0. The standard InChI is InChI=1S/C12H11Si/c13-12-8-6-11(7-9-12)10-4-2-1-3-5-10/h1-9H,13H2. The molecule has 0 fully saturated rings. The van der Waals surface area contributed by atoms with E-state index in [9.17, 15) is 0 Å². The molecule has 0 nitrogen and oxygen atoms in total. The van der Waals surface area contributed by atoms with Gasteiger partial charge in [0.1, 0.15) is 0 Å². The number of hydrogen-bond acceptors (Lipinski definition) is 0. The summed E-state index contributed by atoms with van der Waals surface area (Å²) in [5.74, 6) is 0. The van der Waals surface area contributed by atoms with Gasteiger partial charge in [-0.1, -0.05) is 59.8 Å². The molecule has 1 radical (unpaired) electrons. The third-order valence-electron chi connectivity index (χ3n) is 2.06. The topological polar surface area (TPSA) is 0 Å². The lowest BCUT2D eigenvalue weighted by atomic mass is 10.1. The average molecular weight is 183 g/mol. The van der Waals surface area contributed by atoms with Crippen molar-refractivity contribution in [2.24, 2.45) is 0 Å². The summed E-state index contributed by atoms with van der Waals surface area (Å²) in [5, 5.41) is 1.33. The normalized spacial score (nSPS) is 9.92. The molecule has 2 aromatic carbocycles. The molecular formula is C12H11Si. The molecule has 0 unspecified atom stereocenters. The SMILES string of the molecule is [SiH2]c1ccc(-c2ccccc2)cc1. The first-order valence-electron chi connectivity index (χ1n) is 4.34. The zero-order chi connectivity index (χ0) is 9.10. The Kier molecular flexibility index (Phi) is 2.28. The van der Waals surface area contributed by atoms with Gasteiger partial charge in [-0.15, -0.1) is 0 Å². The Morgan fingerprint density at radius 3 is 1.77 bits per heavy atom. The highest BCUT2D eigenvalue weighted by molar-refractivity contribution is 6.32. The van der Waals surface area contributed by atoms with Gasteiger partial charge in [0.15, 0.2) is 0 Å². The summed E-state index contributed by atoms with van der Waals surface area (Å²) in [6.07, 6.45) is 0. The van der Waals surface area contributed by atoms with Crippen molar-refractivity contribution in [1.29, 1.82) is 0 Å². The molecule has 63 valence electrons. The minimum Gasteiger partial charge on any atom is -0.0697 e. The quantitative estimate of drug-likeness (QED) is 0.589. The van der Waals surface area contributed by atoms with E-state index in [1.807, 2.05) is 16.3 Å². The minimum atomic E-state index is 1.28.